The summed E-state index contributed by atoms with van der Waals surface area (Å²) < 4.78 is 12.2. The van der Waals surface area contributed by atoms with E-state index in [-0.39, 0.29) is 18.0 Å². The van der Waals surface area contributed by atoms with Crippen LogP contribution in [0.25, 0.3) is 0 Å². The highest BCUT2D eigenvalue weighted by molar-refractivity contribution is 9.10. The summed E-state index contributed by atoms with van der Waals surface area (Å²) in [6.45, 7) is 5.70. The van der Waals surface area contributed by atoms with Crippen LogP contribution in [-0.4, -0.2) is 22.7 Å². The molecule has 2 rings (SSSR count). The van der Waals surface area contributed by atoms with E-state index in [0.717, 1.165) is 30.2 Å². The fourth-order valence-electron chi connectivity index (χ4n) is 2.40. The van der Waals surface area contributed by atoms with Crippen LogP contribution in [0, 0.1) is 5.92 Å². The normalized spacial score (nSPS) is 22.7. The third-order valence-electron chi connectivity index (χ3n) is 3.40. The lowest BCUT2D eigenvalue weighted by atomic mass is 9.87. The second-order valence-electron chi connectivity index (χ2n) is 6.44. The average Bonchev–Trinajstić information content (AvgIpc) is 2.40. The zero-order valence-electron chi connectivity index (χ0n) is 12.8. The van der Waals surface area contributed by atoms with E-state index < -0.39 is 5.60 Å². The predicted molar refractivity (Wildman–Crippen MR) is 84.2 cm³/mol. The van der Waals surface area contributed by atoms with Crippen molar-refractivity contribution in [2.45, 2.75) is 58.2 Å². The van der Waals surface area contributed by atoms with Crippen molar-refractivity contribution in [1.29, 1.82) is 0 Å². The first-order chi connectivity index (χ1) is 9.83. The van der Waals surface area contributed by atoms with Crippen LogP contribution in [-0.2, 0) is 9.53 Å². The lowest BCUT2D eigenvalue weighted by Gasteiger charge is -2.29. The van der Waals surface area contributed by atoms with Crippen LogP contribution in [0.3, 0.4) is 0 Å². The van der Waals surface area contributed by atoms with Gasteiger partial charge in [0.05, 0.1) is 5.92 Å². The summed E-state index contributed by atoms with van der Waals surface area (Å²) in [5, 5.41) is 0. The highest BCUT2D eigenvalue weighted by atomic mass is 79.9. The van der Waals surface area contributed by atoms with Crippen LogP contribution in [0.15, 0.2) is 22.8 Å². The topological polar surface area (TPSA) is 48.4 Å². The Bertz CT molecular complexity index is 473. The molecule has 1 heterocycles. The molecule has 0 bridgehead atoms. The van der Waals surface area contributed by atoms with Gasteiger partial charge in [-0.2, -0.15) is 0 Å². The van der Waals surface area contributed by atoms with Gasteiger partial charge < -0.3 is 9.47 Å². The van der Waals surface area contributed by atoms with Crippen molar-refractivity contribution < 1.29 is 14.3 Å². The van der Waals surface area contributed by atoms with E-state index in [2.05, 4.69) is 20.9 Å². The maximum absolute atomic E-state index is 12.0. The molecule has 0 radical (unpaired) electrons. The van der Waals surface area contributed by atoms with Gasteiger partial charge >= 0.3 is 5.97 Å². The number of halogens is 1. The number of carbonyl (C=O) groups excluding carboxylic acids is 1. The molecule has 4 nitrogen and oxygen atoms in total. The number of carbonyl (C=O) groups is 1. The first kappa shape index (κ1) is 16.3. The third-order valence-corrected chi connectivity index (χ3v) is 3.87. The molecule has 0 unspecified atom stereocenters. The molecule has 0 spiro atoms. The smallest absolute Gasteiger partial charge is 0.309 e. The van der Waals surface area contributed by atoms with E-state index in [1.165, 1.54) is 0 Å². The van der Waals surface area contributed by atoms with Crippen molar-refractivity contribution in [3.8, 4) is 5.88 Å². The first-order valence-corrected chi connectivity index (χ1v) is 8.14. The van der Waals surface area contributed by atoms with Crippen LogP contribution in [0.5, 0.6) is 5.88 Å². The van der Waals surface area contributed by atoms with Crippen molar-refractivity contribution in [3.05, 3.63) is 22.8 Å². The van der Waals surface area contributed by atoms with Gasteiger partial charge in [0.15, 0.2) is 0 Å². The van der Waals surface area contributed by atoms with Gasteiger partial charge in [-0.1, -0.05) is 0 Å². The molecule has 21 heavy (non-hydrogen) atoms. The van der Waals surface area contributed by atoms with Gasteiger partial charge in [0, 0.05) is 16.7 Å². The van der Waals surface area contributed by atoms with Crippen LogP contribution in [0.1, 0.15) is 46.5 Å². The maximum Gasteiger partial charge on any atom is 0.309 e. The molecular weight excluding hydrogens is 334 g/mol. The van der Waals surface area contributed by atoms with Crippen molar-refractivity contribution >= 4 is 21.9 Å². The average molecular weight is 356 g/mol. The number of ether oxygens (including phenoxy) is 2. The summed E-state index contributed by atoms with van der Waals surface area (Å²) in [5.74, 6) is 0.559. The third kappa shape index (κ3) is 5.30. The van der Waals surface area contributed by atoms with E-state index >= 15 is 0 Å². The fraction of sp³-hybridized carbons (Fsp3) is 0.625. The minimum Gasteiger partial charge on any atom is -0.474 e. The SMILES string of the molecule is CC(C)(C)OC(=O)[C@H]1CC[C@@H](Oc2ccc(Br)cn2)CC1. The molecule has 1 aliphatic carbocycles. The van der Waals surface area contributed by atoms with E-state index in [4.69, 9.17) is 9.47 Å². The summed E-state index contributed by atoms with van der Waals surface area (Å²) in [6.07, 6.45) is 5.22. The van der Waals surface area contributed by atoms with E-state index in [1.54, 1.807) is 6.20 Å². The van der Waals surface area contributed by atoms with Crippen molar-refractivity contribution in [2.75, 3.05) is 0 Å². The fourth-order valence-corrected chi connectivity index (χ4v) is 2.64. The summed E-state index contributed by atoms with van der Waals surface area (Å²) in [7, 11) is 0. The highest BCUT2D eigenvalue weighted by Gasteiger charge is 2.30. The molecule has 5 heteroatoms. The standard InChI is InChI=1S/C16H22BrNO3/c1-16(2,3)21-15(19)11-4-7-13(8-5-11)20-14-9-6-12(17)10-18-14/h6,9-11,13H,4-5,7-8H2,1-3H3/t11-,13+. The highest BCUT2D eigenvalue weighted by Crippen LogP contribution is 2.29. The van der Waals surface area contributed by atoms with Gasteiger partial charge in [0.25, 0.3) is 0 Å². The van der Waals surface area contributed by atoms with Crippen molar-refractivity contribution in [3.63, 3.8) is 0 Å². The molecule has 1 aromatic heterocycles. The Labute approximate surface area is 134 Å². The van der Waals surface area contributed by atoms with Gasteiger partial charge in [-0.15, -0.1) is 0 Å². The summed E-state index contributed by atoms with van der Waals surface area (Å²) in [6, 6.07) is 3.76. The molecule has 116 valence electrons. The summed E-state index contributed by atoms with van der Waals surface area (Å²) >= 11 is 3.35. The minimum absolute atomic E-state index is 0.00181. The molecule has 0 amide bonds. The van der Waals surface area contributed by atoms with Gasteiger partial charge in [-0.3, -0.25) is 4.79 Å². The molecule has 0 saturated heterocycles. The van der Waals surface area contributed by atoms with Crippen LogP contribution in [0.2, 0.25) is 0 Å². The molecule has 1 aliphatic rings. The lowest BCUT2D eigenvalue weighted by molar-refractivity contribution is -0.161. The number of pyridine rings is 1. The lowest BCUT2D eigenvalue weighted by Crippen LogP contribution is -2.33. The number of rotatable bonds is 3. The zero-order valence-corrected chi connectivity index (χ0v) is 14.4. The molecule has 1 saturated carbocycles. The molecule has 0 atom stereocenters. The Morgan fingerprint density at radius 3 is 2.43 bits per heavy atom. The summed E-state index contributed by atoms with van der Waals surface area (Å²) in [5.41, 5.74) is -0.411. The van der Waals surface area contributed by atoms with Crippen molar-refractivity contribution in [1.82, 2.24) is 4.98 Å². The molecule has 0 aromatic carbocycles. The number of hydrogen-bond donors (Lipinski definition) is 0. The Morgan fingerprint density at radius 2 is 1.90 bits per heavy atom. The number of nitrogens with zero attached hydrogens (tertiary/aromatic N) is 1. The number of hydrogen-bond acceptors (Lipinski definition) is 4. The summed E-state index contributed by atoms with van der Waals surface area (Å²) in [4.78, 5) is 16.2. The zero-order chi connectivity index (χ0) is 15.5. The second kappa shape index (κ2) is 6.77. The first-order valence-electron chi connectivity index (χ1n) is 7.34. The Morgan fingerprint density at radius 1 is 1.24 bits per heavy atom. The largest absolute Gasteiger partial charge is 0.474 e. The van der Waals surface area contributed by atoms with E-state index in [1.807, 2.05) is 32.9 Å². The molecular formula is C16H22BrNO3. The van der Waals surface area contributed by atoms with Gasteiger partial charge in [0.1, 0.15) is 11.7 Å². The Balaban J connectivity index is 1.80. The predicted octanol–water partition coefficient (Wildman–Crippen LogP) is 4.12. The van der Waals surface area contributed by atoms with E-state index in [0.29, 0.717) is 5.88 Å². The molecule has 0 aliphatic heterocycles. The number of aromatic nitrogens is 1. The van der Waals surface area contributed by atoms with Gasteiger partial charge in [-0.25, -0.2) is 4.98 Å². The van der Waals surface area contributed by atoms with E-state index in [9.17, 15) is 4.79 Å². The molecule has 0 N–H and O–H groups in total. The molecule has 1 fully saturated rings. The van der Waals surface area contributed by atoms with Gasteiger partial charge in [0.2, 0.25) is 5.88 Å². The quantitative estimate of drug-likeness (QED) is 0.765. The van der Waals surface area contributed by atoms with Gasteiger partial charge in [-0.05, 0) is 68.5 Å². The number of esters is 1. The maximum atomic E-state index is 12.0. The minimum atomic E-state index is -0.411. The van der Waals surface area contributed by atoms with Crippen LogP contribution in [0.4, 0.5) is 0 Å². The van der Waals surface area contributed by atoms with Crippen LogP contribution < -0.4 is 4.74 Å². The Kier molecular flexibility index (Phi) is 5.25. The van der Waals surface area contributed by atoms with Crippen molar-refractivity contribution in [2.24, 2.45) is 5.92 Å². The monoisotopic (exact) mass is 355 g/mol. The van der Waals surface area contributed by atoms with Crippen LogP contribution >= 0.6 is 15.9 Å². The Hall–Kier alpha value is -1.10. The second-order valence-corrected chi connectivity index (χ2v) is 7.36. The molecule has 1 aromatic rings.